The van der Waals surface area contributed by atoms with Crippen LogP contribution in [0.3, 0.4) is 0 Å². The Labute approximate surface area is 106 Å². The van der Waals surface area contributed by atoms with Gasteiger partial charge in [0.1, 0.15) is 5.76 Å². The molecule has 5 nitrogen and oxygen atoms in total. The largest absolute Gasteiger partial charge is 0.388 e. The van der Waals surface area contributed by atoms with E-state index >= 15 is 0 Å². The lowest BCUT2D eigenvalue weighted by Crippen LogP contribution is -2.40. The third-order valence-corrected chi connectivity index (χ3v) is 3.85. The second-order valence-corrected chi connectivity index (χ2v) is 5.50. The summed E-state index contributed by atoms with van der Waals surface area (Å²) in [5.74, 6) is 1.00. The maximum atomic E-state index is 11.9. The minimum atomic E-state index is -0.723. The molecule has 0 unspecified atom stereocenters. The van der Waals surface area contributed by atoms with Gasteiger partial charge in [-0.1, -0.05) is 18.0 Å². The minimum Gasteiger partial charge on any atom is -0.388 e. The molecule has 2 N–H and O–H groups in total. The number of nitrogens with zero attached hydrogens (tertiary/aromatic N) is 1. The summed E-state index contributed by atoms with van der Waals surface area (Å²) in [4.78, 5) is 11.9. The van der Waals surface area contributed by atoms with Gasteiger partial charge in [0.15, 0.2) is 5.69 Å². The summed E-state index contributed by atoms with van der Waals surface area (Å²) < 4.78 is 5.13. The van der Waals surface area contributed by atoms with Gasteiger partial charge in [0.25, 0.3) is 5.91 Å². The SMILES string of the molecule is O=C(NCC1(O)CCCC1)c1cc(C2CC2)on1. The Balaban J connectivity index is 1.56. The van der Waals surface area contributed by atoms with Crippen molar-refractivity contribution in [3.8, 4) is 0 Å². The third-order valence-electron chi connectivity index (χ3n) is 3.85. The Bertz CT molecular complexity index is 445. The van der Waals surface area contributed by atoms with Crippen LogP contribution in [0.1, 0.15) is 60.7 Å². The van der Waals surface area contributed by atoms with Crippen molar-refractivity contribution in [3.05, 3.63) is 17.5 Å². The predicted molar refractivity (Wildman–Crippen MR) is 64.2 cm³/mol. The lowest BCUT2D eigenvalue weighted by molar-refractivity contribution is 0.0447. The second-order valence-electron chi connectivity index (χ2n) is 5.50. The van der Waals surface area contributed by atoms with Gasteiger partial charge in [-0.05, 0) is 25.7 Å². The van der Waals surface area contributed by atoms with Crippen molar-refractivity contribution in [1.29, 1.82) is 0 Å². The molecule has 0 bridgehead atoms. The lowest BCUT2D eigenvalue weighted by atomic mass is 10.0. The molecule has 98 valence electrons. The molecule has 1 heterocycles. The number of amides is 1. The summed E-state index contributed by atoms with van der Waals surface area (Å²) in [6.07, 6.45) is 5.83. The highest BCUT2D eigenvalue weighted by atomic mass is 16.5. The number of nitrogens with one attached hydrogen (secondary N) is 1. The molecule has 0 radical (unpaired) electrons. The van der Waals surface area contributed by atoms with Crippen LogP contribution in [0.4, 0.5) is 0 Å². The molecular weight excluding hydrogens is 232 g/mol. The molecule has 0 saturated heterocycles. The summed E-state index contributed by atoms with van der Waals surface area (Å²) in [6.45, 7) is 0.303. The van der Waals surface area contributed by atoms with Gasteiger partial charge in [-0.15, -0.1) is 0 Å². The number of carbonyl (C=O) groups excluding carboxylic acids is 1. The number of aliphatic hydroxyl groups is 1. The Morgan fingerprint density at radius 3 is 2.89 bits per heavy atom. The molecule has 0 aliphatic heterocycles. The van der Waals surface area contributed by atoms with Gasteiger partial charge in [0.05, 0.1) is 5.60 Å². The van der Waals surface area contributed by atoms with Crippen LogP contribution in [-0.4, -0.2) is 28.3 Å². The van der Waals surface area contributed by atoms with E-state index in [1.54, 1.807) is 6.07 Å². The number of aromatic nitrogens is 1. The van der Waals surface area contributed by atoms with Gasteiger partial charge >= 0.3 is 0 Å². The van der Waals surface area contributed by atoms with Crippen molar-refractivity contribution in [3.63, 3.8) is 0 Å². The van der Waals surface area contributed by atoms with Gasteiger partial charge < -0.3 is 14.9 Å². The molecule has 0 spiro atoms. The average molecular weight is 250 g/mol. The summed E-state index contributed by atoms with van der Waals surface area (Å²) in [5.41, 5.74) is -0.405. The molecule has 2 aliphatic rings. The molecule has 1 aromatic heterocycles. The summed E-state index contributed by atoms with van der Waals surface area (Å²) in [5, 5.41) is 16.7. The first-order valence-electron chi connectivity index (χ1n) is 6.63. The molecule has 1 amide bonds. The molecule has 5 heteroatoms. The Morgan fingerprint density at radius 1 is 1.50 bits per heavy atom. The Kier molecular flexibility index (Phi) is 2.86. The molecule has 0 atom stereocenters. The van der Waals surface area contributed by atoms with Crippen LogP contribution in [0.5, 0.6) is 0 Å². The van der Waals surface area contributed by atoms with Crippen molar-refractivity contribution in [2.24, 2.45) is 0 Å². The number of carbonyl (C=O) groups is 1. The number of hydrogen-bond acceptors (Lipinski definition) is 4. The standard InChI is InChI=1S/C13H18N2O3/c16-12(14-8-13(17)5-1-2-6-13)10-7-11(18-15-10)9-3-4-9/h7,9,17H,1-6,8H2,(H,14,16). The van der Waals surface area contributed by atoms with Gasteiger partial charge in [-0.2, -0.15) is 0 Å². The lowest BCUT2D eigenvalue weighted by Gasteiger charge is -2.21. The average Bonchev–Trinajstić information content (AvgIpc) is 2.93. The van der Waals surface area contributed by atoms with E-state index in [1.807, 2.05) is 0 Å². The van der Waals surface area contributed by atoms with E-state index in [-0.39, 0.29) is 5.91 Å². The van der Waals surface area contributed by atoms with Gasteiger partial charge in [0.2, 0.25) is 0 Å². The van der Waals surface area contributed by atoms with Crippen LogP contribution >= 0.6 is 0 Å². The maximum Gasteiger partial charge on any atom is 0.273 e. The number of rotatable bonds is 4. The molecule has 18 heavy (non-hydrogen) atoms. The van der Waals surface area contributed by atoms with E-state index in [1.165, 1.54) is 0 Å². The fourth-order valence-electron chi connectivity index (χ4n) is 2.50. The van der Waals surface area contributed by atoms with Crippen LogP contribution in [0.2, 0.25) is 0 Å². The topological polar surface area (TPSA) is 75.4 Å². The van der Waals surface area contributed by atoms with E-state index in [2.05, 4.69) is 10.5 Å². The van der Waals surface area contributed by atoms with Crippen LogP contribution in [0.15, 0.2) is 10.6 Å². The molecule has 0 aromatic carbocycles. The monoisotopic (exact) mass is 250 g/mol. The van der Waals surface area contributed by atoms with Crippen molar-refractivity contribution >= 4 is 5.91 Å². The van der Waals surface area contributed by atoms with E-state index in [4.69, 9.17) is 4.52 Å². The first kappa shape index (κ1) is 11.7. The van der Waals surface area contributed by atoms with E-state index in [0.717, 1.165) is 44.3 Å². The molecule has 3 rings (SSSR count). The van der Waals surface area contributed by atoms with Crippen molar-refractivity contribution in [2.75, 3.05) is 6.54 Å². The van der Waals surface area contributed by atoms with Crippen molar-refractivity contribution in [2.45, 2.75) is 50.0 Å². The first-order chi connectivity index (χ1) is 8.66. The molecular formula is C13H18N2O3. The first-order valence-corrected chi connectivity index (χ1v) is 6.63. The zero-order chi connectivity index (χ0) is 12.6. The van der Waals surface area contributed by atoms with Gasteiger partial charge in [-0.25, -0.2) is 0 Å². The summed E-state index contributed by atoms with van der Waals surface area (Å²) >= 11 is 0. The highest BCUT2D eigenvalue weighted by molar-refractivity contribution is 5.92. The molecule has 2 aliphatic carbocycles. The highest BCUT2D eigenvalue weighted by Crippen LogP contribution is 2.40. The molecule has 1 aromatic rings. The smallest absolute Gasteiger partial charge is 0.273 e. The van der Waals surface area contributed by atoms with Crippen molar-refractivity contribution in [1.82, 2.24) is 10.5 Å². The fourth-order valence-corrected chi connectivity index (χ4v) is 2.50. The molecule has 2 fully saturated rings. The van der Waals surface area contributed by atoms with Crippen LogP contribution in [0.25, 0.3) is 0 Å². The van der Waals surface area contributed by atoms with E-state index < -0.39 is 5.60 Å². The minimum absolute atomic E-state index is 0.258. The predicted octanol–water partition coefficient (Wildman–Crippen LogP) is 1.59. The van der Waals surface area contributed by atoms with E-state index in [9.17, 15) is 9.90 Å². The summed E-state index contributed by atoms with van der Waals surface area (Å²) in [6, 6.07) is 1.71. The quantitative estimate of drug-likeness (QED) is 0.850. The maximum absolute atomic E-state index is 11.9. The van der Waals surface area contributed by atoms with Crippen LogP contribution in [-0.2, 0) is 0 Å². The fraction of sp³-hybridized carbons (Fsp3) is 0.692. The van der Waals surface area contributed by atoms with E-state index in [0.29, 0.717) is 18.2 Å². The number of hydrogen-bond donors (Lipinski definition) is 2. The third kappa shape index (κ3) is 2.41. The second kappa shape index (κ2) is 4.39. The molecule has 2 saturated carbocycles. The zero-order valence-corrected chi connectivity index (χ0v) is 10.3. The van der Waals surface area contributed by atoms with Crippen LogP contribution in [0, 0.1) is 0 Å². The van der Waals surface area contributed by atoms with Crippen LogP contribution < -0.4 is 5.32 Å². The Morgan fingerprint density at radius 2 is 2.22 bits per heavy atom. The zero-order valence-electron chi connectivity index (χ0n) is 10.3. The normalized spacial score (nSPS) is 22.1. The van der Waals surface area contributed by atoms with Gasteiger partial charge in [0, 0.05) is 18.5 Å². The summed E-state index contributed by atoms with van der Waals surface area (Å²) in [7, 11) is 0. The van der Waals surface area contributed by atoms with Crippen molar-refractivity contribution < 1.29 is 14.4 Å². The Hall–Kier alpha value is -1.36. The van der Waals surface area contributed by atoms with Gasteiger partial charge in [-0.3, -0.25) is 4.79 Å². The highest BCUT2D eigenvalue weighted by Gasteiger charge is 2.32.